The third-order valence-electron chi connectivity index (χ3n) is 5.83. The van der Waals surface area contributed by atoms with Crippen LogP contribution < -0.4 is 4.74 Å². The van der Waals surface area contributed by atoms with Gasteiger partial charge in [0.25, 0.3) is 0 Å². The van der Waals surface area contributed by atoms with Gasteiger partial charge in [0.05, 0.1) is 29.8 Å². The fourth-order valence-electron chi connectivity index (χ4n) is 4.03. The average Bonchev–Trinajstić information content (AvgIpc) is 3.20. The van der Waals surface area contributed by atoms with Crippen molar-refractivity contribution in [1.29, 1.82) is 0 Å². The van der Waals surface area contributed by atoms with Crippen LogP contribution in [0, 0.1) is 12.7 Å². The van der Waals surface area contributed by atoms with Gasteiger partial charge in [0.15, 0.2) is 5.65 Å². The van der Waals surface area contributed by atoms with Crippen molar-refractivity contribution in [2.75, 3.05) is 6.61 Å². The Hall–Kier alpha value is -4.52. The highest BCUT2D eigenvalue weighted by Gasteiger charge is 2.21. The molecule has 2 heterocycles. The lowest BCUT2D eigenvalue weighted by atomic mass is 10.1. The fraction of sp³-hybridized carbons (Fsp3) is 0.138. The molecular formula is C29H24FN3O3. The third-order valence-corrected chi connectivity index (χ3v) is 5.83. The number of pyridine rings is 1. The number of fused-ring (bicyclic) bond motifs is 1. The molecule has 6 nitrogen and oxygen atoms in total. The number of aromatic nitrogens is 3. The molecule has 0 unspecified atom stereocenters. The fourth-order valence-corrected chi connectivity index (χ4v) is 4.03. The van der Waals surface area contributed by atoms with E-state index in [1.54, 1.807) is 25.1 Å². The van der Waals surface area contributed by atoms with Crippen molar-refractivity contribution in [3.8, 4) is 22.8 Å². The molecule has 0 saturated heterocycles. The summed E-state index contributed by atoms with van der Waals surface area (Å²) in [4.78, 5) is 17.5. The minimum atomic E-state index is -0.446. The van der Waals surface area contributed by atoms with Gasteiger partial charge in [-0.1, -0.05) is 30.3 Å². The van der Waals surface area contributed by atoms with Gasteiger partial charge in [-0.15, -0.1) is 0 Å². The molecule has 3 aromatic carbocycles. The second kappa shape index (κ2) is 10.00. The van der Waals surface area contributed by atoms with Crippen LogP contribution in [0.5, 0.6) is 11.5 Å². The van der Waals surface area contributed by atoms with Crippen molar-refractivity contribution in [2.24, 2.45) is 0 Å². The van der Waals surface area contributed by atoms with E-state index in [9.17, 15) is 9.18 Å². The summed E-state index contributed by atoms with van der Waals surface area (Å²) >= 11 is 0. The molecule has 0 aliphatic rings. The first-order valence-electron chi connectivity index (χ1n) is 11.6. The van der Waals surface area contributed by atoms with Gasteiger partial charge in [-0.3, -0.25) is 4.68 Å². The average molecular weight is 482 g/mol. The van der Waals surface area contributed by atoms with Crippen LogP contribution in [0.25, 0.3) is 22.3 Å². The summed E-state index contributed by atoms with van der Waals surface area (Å²) in [6.45, 7) is 4.41. The number of benzene rings is 3. The predicted octanol–water partition coefficient (Wildman–Crippen LogP) is 6.56. The molecule has 0 N–H and O–H groups in total. The molecule has 0 amide bonds. The molecule has 0 bridgehead atoms. The van der Waals surface area contributed by atoms with Crippen LogP contribution in [0.2, 0.25) is 0 Å². The Balaban J connectivity index is 1.48. The van der Waals surface area contributed by atoms with Crippen molar-refractivity contribution in [1.82, 2.24) is 14.8 Å². The molecule has 5 rings (SSSR count). The lowest BCUT2D eigenvalue weighted by Gasteiger charge is -2.08. The van der Waals surface area contributed by atoms with Crippen molar-refractivity contribution >= 4 is 17.0 Å². The molecule has 0 aliphatic carbocycles. The highest BCUT2D eigenvalue weighted by atomic mass is 19.1. The number of carbonyl (C=O) groups is 1. The molecule has 0 aliphatic heterocycles. The molecule has 0 atom stereocenters. The van der Waals surface area contributed by atoms with E-state index >= 15 is 0 Å². The molecule has 2 aromatic heterocycles. The summed E-state index contributed by atoms with van der Waals surface area (Å²) in [5.41, 5.74) is 3.85. The van der Waals surface area contributed by atoms with E-state index < -0.39 is 5.97 Å². The number of aryl methyl sites for hydroxylation is 1. The number of hydrogen-bond acceptors (Lipinski definition) is 5. The Labute approximate surface area is 207 Å². The topological polar surface area (TPSA) is 66.2 Å². The van der Waals surface area contributed by atoms with Gasteiger partial charge in [0, 0.05) is 11.3 Å². The largest absolute Gasteiger partial charge is 0.462 e. The van der Waals surface area contributed by atoms with Crippen molar-refractivity contribution in [3.05, 3.63) is 108 Å². The Morgan fingerprint density at radius 2 is 1.64 bits per heavy atom. The monoisotopic (exact) mass is 481 g/mol. The number of rotatable bonds is 7. The number of halogens is 1. The quantitative estimate of drug-likeness (QED) is 0.246. The van der Waals surface area contributed by atoms with E-state index in [0.717, 1.165) is 22.8 Å². The predicted molar refractivity (Wildman–Crippen MR) is 136 cm³/mol. The van der Waals surface area contributed by atoms with Crippen LogP contribution >= 0.6 is 0 Å². The lowest BCUT2D eigenvalue weighted by Crippen LogP contribution is -2.07. The van der Waals surface area contributed by atoms with E-state index in [0.29, 0.717) is 34.4 Å². The van der Waals surface area contributed by atoms with E-state index in [1.807, 2.05) is 66.2 Å². The number of carbonyl (C=O) groups excluding carboxylic acids is 1. The van der Waals surface area contributed by atoms with Crippen molar-refractivity contribution in [3.63, 3.8) is 0 Å². The molecular weight excluding hydrogens is 457 g/mol. The van der Waals surface area contributed by atoms with E-state index in [1.165, 1.54) is 12.1 Å². The van der Waals surface area contributed by atoms with Crippen LogP contribution in [0.1, 0.15) is 28.5 Å². The van der Waals surface area contributed by atoms with Gasteiger partial charge in [-0.05, 0) is 74.0 Å². The van der Waals surface area contributed by atoms with Gasteiger partial charge in [-0.25, -0.2) is 14.2 Å². The smallest absolute Gasteiger partial charge is 0.339 e. The zero-order chi connectivity index (χ0) is 25.1. The standard InChI is InChI=1S/C29H24FN3O3/c1-3-35-29(34)25-17-26(21-11-13-22(30)14-12-21)31-28-27(25)19(2)33(32-28)18-20-9-15-24(16-10-20)36-23-7-5-4-6-8-23/h4-17H,3,18H2,1-2H3. The number of para-hydroxylation sites is 1. The first-order chi connectivity index (χ1) is 17.5. The normalized spacial score (nSPS) is 11.0. The number of nitrogens with zero attached hydrogens (tertiary/aromatic N) is 3. The lowest BCUT2D eigenvalue weighted by molar-refractivity contribution is 0.0528. The zero-order valence-electron chi connectivity index (χ0n) is 19.9. The van der Waals surface area contributed by atoms with Crippen LogP contribution in [-0.2, 0) is 11.3 Å². The van der Waals surface area contributed by atoms with E-state index in [4.69, 9.17) is 14.6 Å². The first kappa shape index (κ1) is 23.2. The minimum absolute atomic E-state index is 0.249. The van der Waals surface area contributed by atoms with Gasteiger partial charge >= 0.3 is 5.97 Å². The minimum Gasteiger partial charge on any atom is -0.462 e. The number of ether oxygens (including phenoxy) is 2. The Morgan fingerprint density at radius 3 is 2.33 bits per heavy atom. The second-order valence-electron chi connectivity index (χ2n) is 8.28. The van der Waals surface area contributed by atoms with Gasteiger partial charge < -0.3 is 9.47 Å². The summed E-state index contributed by atoms with van der Waals surface area (Å²) in [5, 5.41) is 5.34. The maximum Gasteiger partial charge on any atom is 0.339 e. The second-order valence-corrected chi connectivity index (χ2v) is 8.28. The molecule has 0 radical (unpaired) electrons. The van der Waals surface area contributed by atoms with Crippen molar-refractivity contribution < 1.29 is 18.7 Å². The highest BCUT2D eigenvalue weighted by Crippen LogP contribution is 2.28. The molecule has 0 spiro atoms. The van der Waals surface area contributed by atoms with Crippen molar-refractivity contribution in [2.45, 2.75) is 20.4 Å². The summed E-state index contributed by atoms with van der Waals surface area (Å²) in [6.07, 6.45) is 0. The molecule has 7 heteroatoms. The van der Waals surface area contributed by atoms with Gasteiger partial charge in [0.1, 0.15) is 17.3 Å². The number of esters is 1. The number of hydrogen-bond donors (Lipinski definition) is 0. The zero-order valence-corrected chi connectivity index (χ0v) is 19.9. The Kier molecular flexibility index (Phi) is 6.45. The molecule has 0 fully saturated rings. The first-order valence-corrected chi connectivity index (χ1v) is 11.6. The van der Waals surface area contributed by atoms with Gasteiger partial charge in [0.2, 0.25) is 0 Å². The Morgan fingerprint density at radius 1 is 0.944 bits per heavy atom. The Bertz CT molecular complexity index is 1510. The van der Waals surface area contributed by atoms with E-state index in [2.05, 4.69) is 4.98 Å². The molecule has 180 valence electrons. The molecule has 5 aromatic rings. The molecule has 0 saturated carbocycles. The summed E-state index contributed by atoms with van der Waals surface area (Å²) in [6, 6.07) is 25.0. The van der Waals surface area contributed by atoms with E-state index in [-0.39, 0.29) is 12.4 Å². The van der Waals surface area contributed by atoms with Crippen LogP contribution in [0.3, 0.4) is 0 Å². The third kappa shape index (κ3) is 4.81. The van der Waals surface area contributed by atoms with Crippen LogP contribution in [-0.4, -0.2) is 27.3 Å². The maximum absolute atomic E-state index is 13.4. The highest BCUT2D eigenvalue weighted by molar-refractivity contribution is 6.04. The summed E-state index contributed by atoms with van der Waals surface area (Å²) in [7, 11) is 0. The summed E-state index contributed by atoms with van der Waals surface area (Å²) < 4.78 is 26.5. The SMILES string of the molecule is CCOC(=O)c1cc(-c2ccc(F)cc2)nc2nn(Cc3ccc(Oc4ccccc4)cc3)c(C)c12. The molecule has 36 heavy (non-hydrogen) atoms. The maximum atomic E-state index is 13.4. The van der Waals surface area contributed by atoms with Crippen LogP contribution in [0.15, 0.2) is 84.9 Å². The van der Waals surface area contributed by atoms with Crippen LogP contribution in [0.4, 0.5) is 4.39 Å². The summed E-state index contributed by atoms with van der Waals surface area (Å²) in [5.74, 6) is 0.723. The van der Waals surface area contributed by atoms with Gasteiger partial charge in [-0.2, -0.15) is 5.10 Å².